The minimum atomic E-state index is -0.501. The van der Waals surface area contributed by atoms with Gasteiger partial charge in [0.2, 0.25) is 5.91 Å². The highest BCUT2D eigenvalue weighted by atomic mass is 35.5. The van der Waals surface area contributed by atoms with Gasteiger partial charge in [0.15, 0.2) is 0 Å². The summed E-state index contributed by atoms with van der Waals surface area (Å²) in [5, 5.41) is 3.59. The van der Waals surface area contributed by atoms with E-state index in [-0.39, 0.29) is 11.9 Å². The molecule has 1 heterocycles. The average molecular weight is 367 g/mol. The summed E-state index contributed by atoms with van der Waals surface area (Å²) in [6, 6.07) is 7.67. The van der Waals surface area contributed by atoms with Crippen LogP contribution in [0.1, 0.15) is 45.6 Å². The van der Waals surface area contributed by atoms with E-state index in [2.05, 4.69) is 5.32 Å². The van der Waals surface area contributed by atoms with Crippen molar-refractivity contribution in [3.63, 3.8) is 0 Å². The van der Waals surface area contributed by atoms with Gasteiger partial charge in [0.1, 0.15) is 5.60 Å². The highest BCUT2D eigenvalue weighted by Gasteiger charge is 2.25. The molecule has 2 rings (SSSR count). The van der Waals surface area contributed by atoms with Crippen molar-refractivity contribution >= 4 is 23.6 Å². The van der Waals surface area contributed by atoms with E-state index >= 15 is 0 Å². The van der Waals surface area contributed by atoms with Crippen LogP contribution in [-0.2, 0) is 16.0 Å². The van der Waals surface area contributed by atoms with Gasteiger partial charge in [-0.2, -0.15) is 0 Å². The Kier molecular flexibility index (Phi) is 6.71. The van der Waals surface area contributed by atoms with Crippen LogP contribution in [0.4, 0.5) is 4.79 Å². The molecule has 5 nitrogen and oxygen atoms in total. The molecule has 1 aromatic carbocycles. The van der Waals surface area contributed by atoms with Gasteiger partial charge in [-0.15, -0.1) is 0 Å². The minimum absolute atomic E-state index is 0.0578. The topological polar surface area (TPSA) is 58.6 Å². The number of ether oxygens (including phenoxy) is 1. The van der Waals surface area contributed by atoms with Gasteiger partial charge in [0, 0.05) is 30.6 Å². The molecule has 0 radical (unpaired) electrons. The van der Waals surface area contributed by atoms with E-state index in [1.54, 1.807) is 0 Å². The fourth-order valence-electron chi connectivity index (χ4n) is 2.85. The van der Waals surface area contributed by atoms with Crippen LogP contribution in [-0.4, -0.2) is 41.6 Å². The van der Waals surface area contributed by atoms with Crippen LogP contribution < -0.4 is 5.32 Å². The molecule has 1 aliphatic heterocycles. The normalized spacial score (nSPS) is 15.8. The lowest BCUT2D eigenvalue weighted by Crippen LogP contribution is -2.47. The number of halogens is 1. The maximum absolute atomic E-state index is 12.4. The van der Waals surface area contributed by atoms with E-state index in [1.807, 2.05) is 49.9 Å². The zero-order chi connectivity index (χ0) is 18.4. The molecule has 0 aromatic heterocycles. The van der Waals surface area contributed by atoms with Gasteiger partial charge < -0.3 is 15.0 Å². The lowest BCUT2D eigenvalue weighted by atomic mass is 10.0. The van der Waals surface area contributed by atoms with Crippen molar-refractivity contribution in [2.45, 2.75) is 58.1 Å². The van der Waals surface area contributed by atoms with Gasteiger partial charge in [-0.3, -0.25) is 4.79 Å². The van der Waals surface area contributed by atoms with Crippen molar-refractivity contribution in [2.75, 3.05) is 13.1 Å². The highest BCUT2D eigenvalue weighted by Crippen LogP contribution is 2.18. The van der Waals surface area contributed by atoms with Crippen molar-refractivity contribution in [3.05, 3.63) is 34.9 Å². The van der Waals surface area contributed by atoms with Crippen molar-refractivity contribution in [1.29, 1.82) is 0 Å². The summed E-state index contributed by atoms with van der Waals surface area (Å²) < 4.78 is 5.27. The number of rotatable bonds is 4. The van der Waals surface area contributed by atoms with E-state index in [9.17, 15) is 9.59 Å². The second kappa shape index (κ2) is 8.56. The van der Waals surface area contributed by atoms with E-state index in [0.29, 0.717) is 31.0 Å². The van der Waals surface area contributed by atoms with Crippen LogP contribution in [0.2, 0.25) is 5.02 Å². The first kappa shape index (κ1) is 19.6. The number of piperidine rings is 1. The Morgan fingerprint density at radius 3 is 2.48 bits per heavy atom. The Balaban J connectivity index is 1.73. The molecule has 1 aromatic rings. The van der Waals surface area contributed by atoms with Crippen LogP contribution in [0.15, 0.2) is 24.3 Å². The van der Waals surface area contributed by atoms with Crippen molar-refractivity contribution in [2.24, 2.45) is 0 Å². The molecule has 0 spiro atoms. The van der Waals surface area contributed by atoms with Crippen molar-refractivity contribution in [3.8, 4) is 0 Å². The lowest BCUT2D eigenvalue weighted by Gasteiger charge is -2.33. The van der Waals surface area contributed by atoms with Crippen molar-refractivity contribution in [1.82, 2.24) is 10.2 Å². The molecule has 6 heteroatoms. The fraction of sp³-hybridized carbons (Fsp3) is 0.579. The van der Waals surface area contributed by atoms with Gasteiger partial charge in [0.25, 0.3) is 0 Å². The molecule has 138 valence electrons. The Morgan fingerprint density at radius 1 is 1.24 bits per heavy atom. The Morgan fingerprint density at radius 2 is 1.88 bits per heavy atom. The molecule has 2 amide bonds. The summed E-state index contributed by atoms with van der Waals surface area (Å²) in [5.41, 5.74) is 0.499. The third-order valence-corrected chi connectivity index (χ3v) is 4.50. The predicted molar refractivity (Wildman–Crippen MR) is 98.7 cm³/mol. The van der Waals surface area contributed by atoms with E-state index < -0.39 is 11.7 Å². The predicted octanol–water partition coefficient (Wildman–Crippen LogP) is 3.79. The molecule has 1 saturated heterocycles. The first-order chi connectivity index (χ1) is 11.7. The minimum Gasteiger partial charge on any atom is -0.444 e. The third-order valence-electron chi connectivity index (χ3n) is 4.13. The standard InChI is InChI=1S/C19H27ClN2O3/c1-19(2,3)25-18(24)21-15-10-12-22(13-11-15)17(23)9-8-14-6-4-5-7-16(14)20/h4-7,15H,8-13H2,1-3H3,(H,21,24). The molecule has 1 aliphatic rings. The zero-order valence-corrected chi connectivity index (χ0v) is 15.9. The van der Waals surface area contributed by atoms with Gasteiger partial charge in [-0.1, -0.05) is 29.8 Å². The molecular formula is C19H27ClN2O3. The van der Waals surface area contributed by atoms with Crippen LogP contribution in [0, 0.1) is 0 Å². The third kappa shape index (κ3) is 6.58. The quantitative estimate of drug-likeness (QED) is 0.881. The molecule has 0 unspecified atom stereocenters. The molecule has 0 atom stereocenters. The summed E-state index contributed by atoms with van der Waals surface area (Å²) in [6.07, 6.45) is 2.20. The number of amides is 2. The number of likely N-dealkylation sites (tertiary alicyclic amines) is 1. The summed E-state index contributed by atoms with van der Waals surface area (Å²) in [4.78, 5) is 26.0. The lowest BCUT2D eigenvalue weighted by molar-refractivity contribution is -0.132. The van der Waals surface area contributed by atoms with Gasteiger partial charge in [0.05, 0.1) is 0 Å². The molecular weight excluding hydrogens is 340 g/mol. The van der Waals surface area contributed by atoms with Crippen LogP contribution in [0.5, 0.6) is 0 Å². The summed E-state index contributed by atoms with van der Waals surface area (Å²) >= 11 is 6.13. The van der Waals surface area contributed by atoms with E-state index in [4.69, 9.17) is 16.3 Å². The number of benzene rings is 1. The summed E-state index contributed by atoms with van der Waals surface area (Å²) in [5.74, 6) is 0.135. The molecule has 0 aliphatic carbocycles. The Bertz CT molecular complexity index is 605. The number of alkyl carbamates (subject to hydrolysis) is 1. The largest absolute Gasteiger partial charge is 0.444 e. The second-order valence-corrected chi connectivity index (χ2v) is 7.80. The number of carbonyl (C=O) groups is 2. The number of carbonyl (C=O) groups excluding carboxylic acids is 2. The highest BCUT2D eigenvalue weighted by molar-refractivity contribution is 6.31. The average Bonchev–Trinajstić information content (AvgIpc) is 2.52. The maximum atomic E-state index is 12.4. The zero-order valence-electron chi connectivity index (χ0n) is 15.2. The fourth-order valence-corrected chi connectivity index (χ4v) is 3.08. The van der Waals surface area contributed by atoms with Gasteiger partial charge in [-0.05, 0) is 51.7 Å². The SMILES string of the molecule is CC(C)(C)OC(=O)NC1CCN(C(=O)CCc2ccccc2Cl)CC1. The summed E-state index contributed by atoms with van der Waals surface area (Å²) in [7, 11) is 0. The maximum Gasteiger partial charge on any atom is 0.407 e. The molecule has 0 saturated carbocycles. The number of hydrogen-bond donors (Lipinski definition) is 1. The Hall–Kier alpha value is -1.75. The monoisotopic (exact) mass is 366 g/mol. The smallest absolute Gasteiger partial charge is 0.407 e. The van der Waals surface area contributed by atoms with Crippen LogP contribution >= 0.6 is 11.6 Å². The summed E-state index contributed by atoms with van der Waals surface area (Å²) in [6.45, 7) is 6.83. The number of nitrogens with one attached hydrogen (secondary N) is 1. The first-order valence-corrected chi connectivity index (χ1v) is 9.13. The van der Waals surface area contributed by atoms with Gasteiger partial charge >= 0.3 is 6.09 Å². The second-order valence-electron chi connectivity index (χ2n) is 7.39. The number of aryl methyl sites for hydroxylation is 1. The van der Waals surface area contributed by atoms with Crippen molar-refractivity contribution < 1.29 is 14.3 Å². The number of nitrogens with zero attached hydrogens (tertiary/aromatic N) is 1. The molecule has 1 fully saturated rings. The molecule has 25 heavy (non-hydrogen) atoms. The molecule has 0 bridgehead atoms. The van der Waals surface area contributed by atoms with Crippen LogP contribution in [0.25, 0.3) is 0 Å². The van der Waals surface area contributed by atoms with E-state index in [0.717, 1.165) is 18.4 Å². The van der Waals surface area contributed by atoms with Gasteiger partial charge in [-0.25, -0.2) is 4.79 Å². The molecule has 1 N–H and O–H groups in total. The van der Waals surface area contributed by atoms with E-state index in [1.165, 1.54) is 0 Å². The van der Waals surface area contributed by atoms with Crippen LogP contribution in [0.3, 0.4) is 0 Å². The Labute approximate surface area is 154 Å². The first-order valence-electron chi connectivity index (χ1n) is 8.75. The number of hydrogen-bond acceptors (Lipinski definition) is 3.